The van der Waals surface area contributed by atoms with Crippen LogP contribution in [0.25, 0.3) is 11.1 Å². The van der Waals surface area contributed by atoms with Crippen molar-refractivity contribution in [3.63, 3.8) is 0 Å². The molecule has 0 radical (unpaired) electrons. The molecule has 0 bridgehead atoms. The highest BCUT2D eigenvalue weighted by Crippen LogP contribution is 2.35. The number of benzene rings is 3. The van der Waals surface area contributed by atoms with Crippen LogP contribution in [0.1, 0.15) is 16.7 Å². The average Bonchev–Trinajstić information content (AvgIpc) is 2.76. The van der Waals surface area contributed by atoms with Crippen LogP contribution in [0.2, 0.25) is 0 Å². The van der Waals surface area contributed by atoms with E-state index in [2.05, 4.69) is 54.7 Å². The van der Waals surface area contributed by atoms with Gasteiger partial charge in [-0.15, -0.1) is 0 Å². The van der Waals surface area contributed by atoms with Crippen LogP contribution in [0, 0.1) is 6.92 Å². The lowest BCUT2D eigenvalue weighted by Gasteiger charge is -2.39. The zero-order chi connectivity index (χ0) is 19.4. The Morgan fingerprint density at radius 1 is 0.964 bits per heavy atom. The minimum atomic E-state index is -1.10. The lowest BCUT2D eigenvalue weighted by Crippen LogP contribution is -2.52. The summed E-state index contributed by atoms with van der Waals surface area (Å²) in [6.07, 6.45) is 0.197. The van der Waals surface area contributed by atoms with Gasteiger partial charge in [0.05, 0.1) is 6.61 Å². The molecule has 0 aliphatic carbocycles. The summed E-state index contributed by atoms with van der Waals surface area (Å²) in [5, 5.41) is 15.3. The molecular weight excluding hydrogens is 346 g/mol. The minimum Gasteiger partial charge on any atom is -0.382 e. The molecule has 144 valence electrons. The van der Waals surface area contributed by atoms with E-state index in [9.17, 15) is 5.11 Å². The largest absolute Gasteiger partial charge is 0.382 e. The monoisotopic (exact) mass is 373 g/mol. The Morgan fingerprint density at radius 2 is 1.68 bits per heavy atom. The van der Waals surface area contributed by atoms with E-state index < -0.39 is 5.60 Å². The molecule has 0 spiro atoms. The van der Waals surface area contributed by atoms with Crippen molar-refractivity contribution >= 4 is 0 Å². The van der Waals surface area contributed by atoms with E-state index in [4.69, 9.17) is 4.74 Å². The first kappa shape index (κ1) is 18.9. The first-order valence-corrected chi connectivity index (χ1v) is 9.92. The van der Waals surface area contributed by atoms with Crippen molar-refractivity contribution in [3.8, 4) is 11.1 Å². The maximum absolute atomic E-state index is 11.9. The van der Waals surface area contributed by atoms with Crippen LogP contribution in [0.15, 0.2) is 78.9 Å². The van der Waals surface area contributed by atoms with Crippen LogP contribution >= 0.6 is 0 Å². The number of ether oxygens (including phenoxy) is 1. The number of rotatable bonds is 5. The van der Waals surface area contributed by atoms with Crippen LogP contribution < -0.4 is 5.32 Å². The fourth-order valence-electron chi connectivity index (χ4n) is 3.98. The maximum atomic E-state index is 11.9. The lowest BCUT2D eigenvalue weighted by atomic mass is 9.80. The second-order valence-electron chi connectivity index (χ2n) is 7.55. The van der Waals surface area contributed by atoms with Gasteiger partial charge in [-0.3, -0.25) is 0 Å². The predicted octanol–water partition coefficient (Wildman–Crippen LogP) is 4.08. The molecule has 28 heavy (non-hydrogen) atoms. The standard InChI is InChI=1S/C25H27NO2/c1-19-11-13-20(14-12-19)23-10-6-5-7-21(23)17-25(27,22-8-3-2-4-9-22)24-18-26-15-16-28-24/h2-14,24,26-27H,15-18H2,1H3. The molecule has 1 aliphatic rings. The van der Waals surface area contributed by atoms with Crippen LogP contribution in [0.4, 0.5) is 0 Å². The molecule has 3 aromatic rings. The molecule has 1 heterocycles. The number of hydrogen-bond donors (Lipinski definition) is 2. The SMILES string of the molecule is Cc1ccc(-c2ccccc2CC(O)(c2ccccc2)C2CNCCO2)cc1. The van der Waals surface area contributed by atoms with Gasteiger partial charge in [-0.1, -0.05) is 84.4 Å². The van der Waals surface area contributed by atoms with E-state index in [0.717, 1.165) is 23.2 Å². The maximum Gasteiger partial charge on any atom is 0.121 e. The van der Waals surface area contributed by atoms with Crippen molar-refractivity contribution in [1.82, 2.24) is 5.32 Å². The van der Waals surface area contributed by atoms with Crippen molar-refractivity contribution < 1.29 is 9.84 Å². The summed E-state index contributed by atoms with van der Waals surface area (Å²) >= 11 is 0. The summed E-state index contributed by atoms with van der Waals surface area (Å²) in [5.41, 5.74) is 4.47. The van der Waals surface area contributed by atoms with E-state index in [1.807, 2.05) is 36.4 Å². The number of nitrogens with one attached hydrogen (secondary N) is 1. The quantitative estimate of drug-likeness (QED) is 0.708. The van der Waals surface area contributed by atoms with E-state index in [1.54, 1.807) is 0 Å². The van der Waals surface area contributed by atoms with Crippen molar-refractivity contribution in [2.75, 3.05) is 19.7 Å². The average molecular weight is 373 g/mol. The molecule has 1 aliphatic heterocycles. The van der Waals surface area contributed by atoms with Crippen LogP contribution in [-0.2, 0) is 16.8 Å². The molecule has 3 nitrogen and oxygen atoms in total. The van der Waals surface area contributed by atoms with Gasteiger partial charge in [0.25, 0.3) is 0 Å². The topological polar surface area (TPSA) is 41.5 Å². The smallest absolute Gasteiger partial charge is 0.121 e. The first-order valence-electron chi connectivity index (χ1n) is 9.92. The number of morpholine rings is 1. The van der Waals surface area contributed by atoms with Gasteiger partial charge in [-0.2, -0.15) is 0 Å². The first-order chi connectivity index (χ1) is 13.7. The third-order valence-electron chi connectivity index (χ3n) is 5.57. The molecule has 2 unspecified atom stereocenters. The molecule has 0 saturated carbocycles. The van der Waals surface area contributed by atoms with Gasteiger partial charge >= 0.3 is 0 Å². The van der Waals surface area contributed by atoms with Crippen molar-refractivity contribution in [3.05, 3.63) is 95.6 Å². The van der Waals surface area contributed by atoms with Gasteiger partial charge in [-0.05, 0) is 29.2 Å². The van der Waals surface area contributed by atoms with Crippen LogP contribution in [-0.4, -0.2) is 30.9 Å². The number of aryl methyl sites for hydroxylation is 1. The molecule has 1 saturated heterocycles. The van der Waals surface area contributed by atoms with Gasteiger partial charge in [-0.25, -0.2) is 0 Å². The Bertz CT molecular complexity index is 901. The Morgan fingerprint density at radius 3 is 2.39 bits per heavy atom. The van der Waals surface area contributed by atoms with Crippen LogP contribution in [0.5, 0.6) is 0 Å². The molecule has 0 aromatic heterocycles. The van der Waals surface area contributed by atoms with Crippen molar-refractivity contribution in [2.24, 2.45) is 0 Å². The van der Waals surface area contributed by atoms with Gasteiger partial charge in [0.2, 0.25) is 0 Å². The van der Waals surface area contributed by atoms with Crippen molar-refractivity contribution in [2.45, 2.75) is 25.0 Å². The fourth-order valence-corrected chi connectivity index (χ4v) is 3.98. The molecular formula is C25H27NO2. The zero-order valence-electron chi connectivity index (χ0n) is 16.3. The minimum absolute atomic E-state index is 0.297. The van der Waals surface area contributed by atoms with E-state index in [1.165, 1.54) is 11.1 Å². The molecule has 4 rings (SSSR count). The summed E-state index contributed by atoms with van der Waals surface area (Å²) < 4.78 is 6.02. The zero-order valence-corrected chi connectivity index (χ0v) is 16.3. The summed E-state index contributed by atoms with van der Waals surface area (Å²) in [7, 11) is 0. The molecule has 2 atom stereocenters. The molecule has 2 N–H and O–H groups in total. The third kappa shape index (κ3) is 3.88. The van der Waals surface area contributed by atoms with Gasteiger partial charge in [0.1, 0.15) is 11.7 Å². The summed E-state index contributed by atoms with van der Waals surface area (Å²) in [5.74, 6) is 0. The van der Waals surface area contributed by atoms with E-state index in [-0.39, 0.29) is 6.10 Å². The van der Waals surface area contributed by atoms with Gasteiger partial charge in [0, 0.05) is 19.5 Å². The second-order valence-corrected chi connectivity index (χ2v) is 7.55. The normalized spacial score (nSPS) is 19.1. The Kier molecular flexibility index (Phi) is 5.58. The van der Waals surface area contributed by atoms with Gasteiger partial charge < -0.3 is 15.2 Å². The summed E-state index contributed by atoms with van der Waals surface area (Å²) in [4.78, 5) is 0. The number of hydrogen-bond acceptors (Lipinski definition) is 3. The summed E-state index contributed by atoms with van der Waals surface area (Å²) in [6, 6.07) is 26.8. The molecule has 3 heteroatoms. The Labute approximate surface area is 167 Å². The molecule has 0 amide bonds. The fraction of sp³-hybridized carbons (Fsp3) is 0.280. The number of aliphatic hydroxyl groups is 1. The van der Waals surface area contributed by atoms with Crippen LogP contribution in [0.3, 0.4) is 0 Å². The molecule has 1 fully saturated rings. The Hall–Kier alpha value is -2.46. The molecule has 3 aromatic carbocycles. The third-order valence-corrected chi connectivity index (χ3v) is 5.57. The highest BCUT2D eigenvalue weighted by atomic mass is 16.5. The van der Waals surface area contributed by atoms with E-state index in [0.29, 0.717) is 19.6 Å². The van der Waals surface area contributed by atoms with Crippen molar-refractivity contribution in [1.29, 1.82) is 0 Å². The highest BCUT2D eigenvalue weighted by molar-refractivity contribution is 5.68. The van der Waals surface area contributed by atoms with Gasteiger partial charge in [0.15, 0.2) is 0 Å². The second kappa shape index (κ2) is 8.27. The Balaban J connectivity index is 1.75. The van der Waals surface area contributed by atoms with E-state index >= 15 is 0 Å². The predicted molar refractivity (Wildman–Crippen MR) is 113 cm³/mol. The highest BCUT2D eigenvalue weighted by Gasteiger charge is 2.40. The summed E-state index contributed by atoms with van der Waals surface area (Å²) in [6.45, 7) is 4.16. The lowest BCUT2D eigenvalue weighted by molar-refractivity contribution is -0.124.